The van der Waals surface area contributed by atoms with Gasteiger partial charge in [0.05, 0.1) is 19.6 Å². The lowest BCUT2D eigenvalue weighted by atomic mass is 9.77. The van der Waals surface area contributed by atoms with Crippen molar-refractivity contribution in [2.75, 3.05) is 19.1 Å². The van der Waals surface area contributed by atoms with E-state index >= 15 is 0 Å². The molecule has 31 heavy (non-hydrogen) atoms. The van der Waals surface area contributed by atoms with Gasteiger partial charge in [-0.25, -0.2) is 0 Å². The molecule has 0 N–H and O–H groups in total. The van der Waals surface area contributed by atoms with Crippen LogP contribution in [-0.4, -0.2) is 20.1 Å². The largest absolute Gasteiger partial charge is 0.497 e. The number of methoxy groups -OCH3 is 2. The SMILES string of the molecule is COc1ccc(C2=C3C(c4ccc(OC)cc42)C(C)(C)C(=O)N3c2ccccc2)cc1. The Morgan fingerprint density at radius 3 is 2.13 bits per heavy atom. The van der Waals surface area contributed by atoms with E-state index in [4.69, 9.17) is 9.47 Å². The molecule has 1 amide bonds. The molecule has 0 aromatic heterocycles. The molecule has 5 rings (SSSR count). The van der Waals surface area contributed by atoms with E-state index in [-0.39, 0.29) is 11.8 Å². The smallest absolute Gasteiger partial charge is 0.237 e. The zero-order chi connectivity index (χ0) is 21.8. The minimum Gasteiger partial charge on any atom is -0.497 e. The molecule has 4 nitrogen and oxygen atoms in total. The molecule has 1 aliphatic carbocycles. The summed E-state index contributed by atoms with van der Waals surface area (Å²) in [6.45, 7) is 4.10. The van der Waals surface area contributed by atoms with Crippen LogP contribution in [-0.2, 0) is 4.79 Å². The quantitative estimate of drug-likeness (QED) is 0.558. The predicted molar refractivity (Wildman–Crippen MR) is 122 cm³/mol. The van der Waals surface area contributed by atoms with Gasteiger partial charge >= 0.3 is 0 Å². The number of para-hydroxylation sites is 1. The Kier molecular flexibility index (Phi) is 4.40. The summed E-state index contributed by atoms with van der Waals surface area (Å²) in [6.07, 6.45) is 0. The molecule has 1 atom stereocenters. The predicted octanol–water partition coefficient (Wildman–Crippen LogP) is 5.63. The van der Waals surface area contributed by atoms with E-state index in [9.17, 15) is 4.79 Å². The first-order valence-electron chi connectivity index (χ1n) is 10.4. The maximum absolute atomic E-state index is 13.7. The van der Waals surface area contributed by atoms with Crippen molar-refractivity contribution in [1.29, 1.82) is 0 Å². The highest BCUT2D eigenvalue weighted by Gasteiger charge is 2.56. The van der Waals surface area contributed by atoms with Gasteiger partial charge in [0.2, 0.25) is 5.91 Å². The van der Waals surface area contributed by atoms with Gasteiger partial charge in [-0.2, -0.15) is 0 Å². The molecule has 4 heteroatoms. The van der Waals surface area contributed by atoms with Gasteiger partial charge in [-0.15, -0.1) is 0 Å². The van der Waals surface area contributed by atoms with Gasteiger partial charge in [0.15, 0.2) is 0 Å². The van der Waals surface area contributed by atoms with Crippen molar-refractivity contribution in [1.82, 2.24) is 0 Å². The normalized spacial score (nSPS) is 18.8. The lowest BCUT2D eigenvalue weighted by molar-refractivity contribution is -0.124. The number of rotatable bonds is 4. The Labute approximate surface area is 182 Å². The van der Waals surface area contributed by atoms with E-state index in [0.717, 1.165) is 39.6 Å². The summed E-state index contributed by atoms with van der Waals surface area (Å²) in [5.41, 5.74) is 5.77. The second-order valence-corrected chi connectivity index (χ2v) is 8.57. The van der Waals surface area contributed by atoms with Crippen LogP contribution in [0.2, 0.25) is 0 Å². The van der Waals surface area contributed by atoms with Crippen LogP contribution in [0.4, 0.5) is 5.69 Å². The third-order valence-electron chi connectivity index (χ3n) is 6.48. The maximum atomic E-state index is 13.7. The number of anilines is 1. The second kappa shape index (κ2) is 7.02. The Hall–Kier alpha value is -3.53. The molecule has 0 radical (unpaired) electrons. The Morgan fingerprint density at radius 2 is 1.48 bits per heavy atom. The number of fused-ring (bicyclic) bond motifs is 3. The third-order valence-corrected chi connectivity index (χ3v) is 6.48. The Balaban J connectivity index is 1.82. The summed E-state index contributed by atoms with van der Waals surface area (Å²) in [7, 11) is 3.35. The van der Waals surface area contributed by atoms with Crippen LogP contribution in [0.25, 0.3) is 5.57 Å². The summed E-state index contributed by atoms with van der Waals surface area (Å²) >= 11 is 0. The number of hydrogen-bond acceptors (Lipinski definition) is 3. The highest BCUT2D eigenvalue weighted by molar-refractivity contribution is 6.10. The molecule has 0 saturated carbocycles. The van der Waals surface area contributed by atoms with Crippen molar-refractivity contribution in [3.05, 3.63) is 95.2 Å². The van der Waals surface area contributed by atoms with Crippen molar-refractivity contribution in [3.63, 3.8) is 0 Å². The highest BCUT2D eigenvalue weighted by atomic mass is 16.5. The van der Waals surface area contributed by atoms with E-state index in [1.54, 1.807) is 14.2 Å². The maximum Gasteiger partial charge on any atom is 0.237 e. The lowest BCUT2D eigenvalue weighted by Crippen LogP contribution is -2.32. The van der Waals surface area contributed by atoms with Crippen LogP contribution in [0.3, 0.4) is 0 Å². The summed E-state index contributed by atoms with van der Waals surface area (Å²) in [5.74, 6) is 1.70. The van der Waals surface area contributed by atoms with Gasteiger partial charge in [0.25, 0.3) is 0 Å². The minimum atomic E-state index is -0.567. The number of allylic oxidation sites excluding steroid dienone is 1. The molecule has 3 aromatic carbocycles. The number of hydrogen-bond donors (Lipinski definition) is 0. The van der Waals surface area contributed by atoms with Crippen LogP contribution >= 0.6 is 0 Å². The van der Waals surface area contributed by atoms with E-state index in [0.29, 0.717) is 0 Å². The van der Waals surface area contributed by atoms with E-state index in [2.05, 4.69) is 24.3 Å². The third kappa shape index (κ3) is 2.78. The van der Waals surface area contributed by atoms with E-state index < -0.39 is 5.41 Å². The number of amides is 1. The monoisotopic (exact) mass is 411 g/mol. The van der Waals surface area contributed by atoms with Crippen LogP contribution < -0.4 is 14.4 Å². The molecule has 3 aromatic rings. The molecule has 1 unspecified atom stereocenters. The van der Waals surface area contributed by atoms with Gasteiger partial charge in [-0.3, -0.25) is 9.69 Å². The molecule has 2 aliphatic rings. The first-order chi connectivity index (χ1) is 15.0. The van der Waals surface area contributed by atoms with E-state index in [1.165, 1.54) is 5.56 Å². The van der Waals surface area contributed by atoms with Gasteiger partial charge < -0.3 is 9.47 Å². The van der Waals surface area contributed by atoms with Crippen LogP contribution in [0, 0.1) is 5.41 Å². The van der Waals surface area contributed by atoms with Crippen LogP contribution in [0.15, 0.2) is 78.5 Å². The first kappa shape index (κ1) is 19.4. The fourth-order valence-corrected chi connectivity index (χ4v) is 4.95. The number of carbonyl (C=O) groups excluding carboxylic acids is 1. The molecule has 1 aliphatic heterocycles. The molecule has 156 valence electrons. The van der Waals surface area contributed by atoms with Crippen molar-refractivity contribution >= 4 is 17.2 Å². The zero-order valence-electron chi connectivity index (χ0n) is 18.2. The van der Waals surface area contributed by atoms with Crippen molar-refractivity contribution in [2.24, 2.45) is 5.41 Å². The summed E-state index contributed by atoms with van der Waals surface area (Å²) in [5, 5.41) is 0. The van der Waals surface area contributed by atoms with Crippen molar-refractivity contribution in [3.8, 4) is 11.5 Å². The summed E-state index contributed by atoms with van der Waals surface area (Å²) in [6, 6.07) is 24.1. The molecular formula is C27H25NO3. The highest BCUT2D eigenvalue weighted by Crippen LogP contribution is 2.60. The lowest BCUT2D eigenvalue weighted by Gasteiger charge is -2.24. The second-order valence-electron chi connectivity index (χ2n) is 8.57. The number of ether oxygens (including phenoxy) is 2. The fraction of sp³-hybridized carbons (Fsp3) is 0.222. The Bertz CT molecular complexity index is 1190. The van der Waals surface area contributed by atoms with Crippen LogP contribution in [0.1, 0.15) is 36.5 Å². The topological polar surface area (TPSA) is 38.8 Å². The Morgan fingerprint density at radius 1 is 0.839 bits per heavy atom. The molecular weight excluding hydrogens is 386 g/mol. The average molecular weight is 412 g/mol. The zero-order valence-corrected chi connectivity index (χ0v) is 18.2. The van der Waals surface area contributed by atoms with Crippen molar-refractivity contribution in [2.45, 2.75) is 19.8 Å². The number of nitrogens with zero attached hydrogens (tertiary/aromatic N) is 1. The van der Waals surface area contributed by atoms with Crippen molar-refractivity contribution < 1.29 is 14.3 Å². The summed E-state index contributed by atoms with van der Waals surface area (Å²) < 4.78 is 10.9. The first-order valence-corrected chi connectivity index (χ1v) is 10.4. The van der Waals surface area contributed by atoms with Crippen LogP contribution in [0.5, 0.6) is 11.5 Å². The number of benzene rings is 3. The minimum absolute atomic E-state index is 0.0294. The molecule has 1 heterocycles. The van der Waals surface area contributed by atoms with E-state index in [1.807, 2.05) is 67.3 Å². The molecule has 0 bridgehead atoms. The fourth-order valence-electron chi connectivity index (χ4n) is 4.95. The van der Waals surface area contributed by atoms with Gasteiger partial charge in [-0.05, 0) is 53.1 Å². The summed E-state index contributed by atoms with van der Waals surface area (Å²) in [4.78, 5) is 15.6. The average Bonchev–Trinajstić information content (AvgIpc) is 3.23. The van der Waals surface area contributed by atoms with Gasteiger partial charge in [0, 0.05) is 22.9 Å². The van der Waals surface area contributed by atoms with Gasteiger partial charge in [-0.1, -0.05) is 50.2 Å². The van der Waals surface area contributed by atoms with Gasteiger partial charge in [0.1, 0.15) is 11.5 Å². The molecule has 1 fully saturated rings. The number of carbonyl (C=O) groups is 1. The molecule has 1 saturated heterocycles. The standard InChI is InChI=1S/C27H25NO3/c1-27(2)24-21-15-14-20(31-4)16-22(21)23(17-10-12-19(30-3)13-11-17)25(24)28(26(27)29)18-8-6-5-7-9-18/h5-16,24H,1-4H3. The molecule has 0 spiro atoms.